The summed E-state index contributed by atoms with van der Waals surface area (Å²) in [6, 6.07) is -0.135. The molecule has 2 unspecified atom stereocenters. The van der Waals surface area contributed by atoms with E-state index in [-0.39, 0.29) is 16.6 Å². The number of H-pyrrole nitrogens is 1. The Kier molecular flexibility index (Phi) is 4.67. The Labute approximate surface area is 124 Å². The molecule has 1 aromatic heterocycles. The summed E-state index contributed by atoms with van der Waals surface area (Å²) < 4.78 is 27.6. The zero-order valence-electron chi connectivity index (χ0n) is 12.2. The smallest absolute Gasteiger partial charge is 0.357 e. The van der Waals surface area contributed by atoms with E-state index in [0.29, 0.717) is 5.92 Å². The molecule has 2 rings (SSSR count). The quantitative estimate of drug-likeness (QED) is 0.765. The van der Waals surface area contributed by atoms with E-state index in [1.54, 1.807) is 0 Å². The standard InChI is InChI=1S/C13H21N3O4S/c1-3-9-5-4-6-10(7-9)16-21(19,20)12-8(2)14-15-11(12)13(17)18/h9-10,16H,3-7H2,1-2H3,(H,14,15)(H,17,18). The van der Waals surface area contributed by atoms with Gasteiger partial charge in [-0.05, 0) is 25.7 Å². The van der Waals surface area contributed by atoms with Crippen LogP contribution in [0, 0.1) is 12.8 Å². The number of carboxylic acids is 1. The Morgan fingerprint density at radius 3 is 2.81 bits per heavy atom. The van der Waals surface area contributed by atoms with Crippen molar-refractivity contribution in [2.24, 2.45) is 5.92 Å². The fraction of sp³-hybridized carbons (Fsp3) is 0.692. The van der Waals surface area contributed by atoms with Gasteiger partial charge >= 0.3 is 5.97 Å². The fourth-order valence-corrected chi connectivity index (χ4v) is 4.55. The normalized spacial score (nSPS) is 23.1. The van der Waals surface area contributed by atoms with E-state index in [4.69, 9.17) is 5.11 Å². The van der Waals surface area contributed by atoms with Gasteiger partial charge in [0.1, 0.15) is 4.90 Å². The second-order valence-corrected chi connectivity index (χ2v) is 7.24. The number of aromatic nitrogens is 2. The van der Waals surface area contributed by atoms with E-state index in [0.717, 1.165) is 32.1 Å². The largest absolute Gasteiger partial charge is 0.476 e. The summed E-state index contributed by atoms with van der Waals surface area (Å²) in [4.78, 5) is 10.8. The van der Waals surface area contributed by atoms with Gasteiger partial charge in [-0.1, -0.05) is 26.2 Å². The van der Waals surface area contributed by atoms with E-state index < -0.39 is 21.7 Å². The Balaban J connectivity index is 2.23. The molecule has 1 heterocycles. The van der Waals surface area contributed by atoms with Crippen LogP contribution in [0.5, 0.6) is 0 Å². The van der Waals surface area contributed by atoms with Crippen molar-refractivity contribution in [2.45, 2.75) is 56.9 Å². The minimum atomic E-state index is -3.88. The molecule has 1 aliphatic carbocycles. The van der Waals surface area contributed by atoms with Gasteiger partial charge in [0.2, 0.25) is 10.0 Å². The zero-order valence-corrected chi connectivity index (χ0v) is 13.0. The summed E-state index contributed by atoms with van der Waals surface area (Å²) in [7, 11) is -3.88. The highest BCUT2D eigenvalue weighted by atomic mass is 32.2. The number of carboxylic acid groups (broad SMARTS) is 1. The van der Waals surface area contributed by atoms with Crippen molar-refractivity contribution in [2.75, 3.05) is 0 Å². The molecule has 1 fully saturated rings. The SMILES string of the molecule is CCC1CCCC(NS(=O)(=O)c2c(C(=O)O)n[nH]c2C)C1. The Hall–Kier alpha value is -1.41. The molecule has 0 aromatic carbocycles. The van der Waals surface area contributed by atoms with Gasteiger partial charge in [-0.25, -0.2) is 17.9 Å². The van der Waals surface area contributed by atoms with Crippen LogP contribution in [-0.4, -0.2) is 35.7 Å². The lowest BCUT2D eigenvalue weighted by Gasteiger charge is -2.28. The molecule has 1 aromatic rings. The van der Waals surface area contributed by atoms with Gasteiger partial charge in [0.05, 0.1) is 5.69 Å². The summed E-state index contributed by atoms with van der Waals surface area (Å²) in [5, 5.41) is 15.0. The van der Waals surface area contributed by atoms with Crippen LogP contribution in [0.4, 0.5) is 0 Å². The molecule has 0 amide bonds. The van der Waals surface area contributed by atoms with Crippen molar-refractivity contribution < 1.29 is 18.3 Å². The van der Waals surface area contributed by atoms with Crippen molar-refractivity contribution in [3.05, 3.63) is 11.4 Å². The van der Waals surface area contributed by atoms with Crippen molar-refractivity contribution in [1.82, 2.24) is 14.9 Å². The molecule has 0 bridgehead atoms. The number of aromatic amines is 1. The number of hydrogen-bond donors (Lipinski definition) is 3. The third-order valence-electron chi connectivity index (χ3n) is 4.04. The van der Waals surface area contributed by atoms with Crippen molar-refractivity contribution in [1.29, 1.82) is 0 Å². The fourth-order valence-electron chi connectivity index (χ4n) is 2.94. The number of nitrogens with zero attached hydrogens (tertiary/aromatic N) is 1. The topological polar surface area (TPSA) is 112 Å². The first-order valence-corrected chi connectivity index (χ1v) is 8.64. The maximum Gasteiger partial charge on any atom is 0.357 e. The van der Waals surface area contributed by atoms with Gasteiger partial charge in [-0.3, -0.25) is 5.10 Å². The summed E-state index contributed by atoms with van der Waals surface area (Å²) in [6.45, 7) is 3.61. The van der Waals surface area contributed by atoms with Crippen LogP contribution >= 0.6 is 0 Å². The highest BCUT2D eigenvalue weighted by molar-refractivity contribution is 7.89. The maximum absolute atomic E-state index is 12.5. The van der Waals surface area contributed by atoms with E-state index >= 15 is 0 Å². The first kappa shape index (κ1) is 16.0. The van der Waals surface area contributed by atoms with Gasteiger partial charge in [0.15, 0.2) is 5.69 Å². The summed E-state index contributed by atoms with van der Waals surface area (Å²) >= 11 is 0. The van der Waals surface area contributed by atoms with Gasteiger partial charge in [-0.2, -0.15) is 5.10 Å². The highest BCUT2D eigenvalue weighted by Crippen LogP contribution is 2.28. The second kappa shape index (κ2) is 6.15. The number of nitrogens with one attached hydrogen (secondary N) is 2. The molecule has 8 heteroatoms. The van der Waals surface area contributed by atoms with Crippen LogP contribution < -0.4 is 4.72 Å². The van der Waals surface area contributed by atoms with Crippen molar-refractivity contribution >= 4 is 16.0 Å². The van der Waals surface area contributed by atoms with Crippen LogP contribution in [0.2, 0.25) is 0 Å². The van der Waals surface area contributed by atoms with Crippen LogP contribution in [-0.2, 0) is 10.0 Å². The van der Waals surface area contributed by atoms with Crippen molar-refractivity contribution in [3.8, 4) is 0 Å². The van der Waals surface area contributed by atoms with E-state index in [2.05, 4.69) is 21.8 Å². The number of carbonyl (C=O) groups is 1. The molecule has 0 spiro atoms. The molecule has 21 heavy (non-hydrogen) atoms. The molecule has 7 nitrogen and oxygen atoms in total. The number of rotatable bonds is 5. The Morgan fingerprint density at radius 2 is 2.19 bits per heavy atom. The summed E-state index contributed by atoms with van der Waals surface area (Å²) in [5.74, 6) is -0.828. The lowest BCUT2D eigenvalue weighted by atomic mass is 9.85. The lowest BCUT2D eigenvalue weighted by Crippen LogP contribution is -2.38. The molecule has 3 N–H and O–H groups in total. The predicted octanol–water partition coefficient (Wildman–Crippen LogP) is 1.66. The molecule has 1 aliphatic rings. The summed E-state index contributed by atoms with van der Waals surface area (Å²) in [5.41, 5.74) is -0.217. The minimum absolute atomic E-state index is 0.135. The number of aryl methyl sites for hydroxylation is 1. The predicted molar refractivity (Wildman–Crippen MR) is 76.6 cm³/mol. The van der Waals surface area contributed by atoms with E-state index in [1.807, 2.05) is 0 Å². The van der Waals surface area contributed by atoms with Crippen LogP contribution in [0.25, 0.3) is 0 Å². The van der Waals surface area contributed by atoms with E-state index in [1.165, 1.54) is 6.92 Å². The molecule has 0 aliphatic heterocycles. The molecular formula is C13H21N3O4S. The monoisotopic (exact) mass is 315 g/mol. The van der Waals surface area contributed by atoms with Gasteiger partial charge < -0.3 is 5.11 Å². The second-order valence-electron chi connectivity index (χ2n) is 5.59. The third kappa shape index (κ3) is 3.44. The molecule has 2 atom stereocenters. The zero-order chi connectivity index (χ0) is 15.6. The molecule has 0 saturated heterocycles. The third-order valence-corrected chi connectivity index (χ3v) is 5.72. The van der Waals surface area contributed by atoms with Crippen molar-refractivity contribution in [3.63, 3.8) is 0 Å². The van der Waals surface area contributed by atoms with Crippen LogP contribution in [0.15, 0.2) is 4.90 Å². The molecule has 0 radical (unpaired) electrons. The van der Waals surface area contributed by atoms with Gasteiger partial charge in [-0.15, -0.1) is 0 Å². The number of hydrogen-bond acceptors (Lipinski definition) is 4. The van der Waals surface area contributed by atoms with Gasteiger partial charge in [0, 0.05) is 6.04 Å². The lowest BCUT2D eigenvalue weighted by molar-refractivity contribution is 0.0686. The molecule has 118 valence electrons. The molecular weight excluding hydrogens is 294 g/mol. The maximum atomic E-state index is 12.5. The highest BCUT2D eigenvalue weighted by Gasteiger charge is 2.31. The Morgan fingerprint density at radius 1 is 1.48 bits per heavy atom. The minimum Gasteiger partial charge on any atom is -0.476 e. The van der Waals surface area contributed by atoms with Gasteiger partial charge in [0.25, 0.3) is 0 Å². The Bertz CT molecular complexity index is 623. The van der Waals surface area contributed by atoms with Crippen LogP contribution in [0.3, 0.4) is 0 Å². The average molecular weight is 315 g/mol. The average Bonchev–Trinajstić information content (AvgIpc) is 2.81. The van der Waals surface area contributed by atoms with Crippen LogP contribution in [0.1, 0.15) is 55.2 Å². The van der Waals surface area contributed by atoms with E-state index in [9.17, 15) is 13.2 Å². The first-order valence-electron chi connectivity index (χ1n) is 7.15. The molecule has 1 saturated carbocycles. The first-order chi connectivity index (χ1) is 9.85. The number of sulfonamides is 1. The summed E-state index contributed by atoms with van der Waals surface area (Å²) in [6.07, 6.45) is 4.73. The number of aromatic carboxylic acids is 1.